The maximum atomic E-state index is 11.8. The quantitative estimate of drug-likeness (QED) is 0.609. The number of hydrogen-bond donors (Lipinski definition) is 2. The summed E-state index contributed by atoms with van der Waals surface area (Å²) in [5, 5.41) is 3.19. The molecule has 1 atom stereocenters. The lowest BCUT2D eigenvalue weighted by Crippen LogP contribution is -2.33. The van der Waals surface area contributed by atoms with Crippen molar-refractivity contribution < 1.29 is 19.0 Å². The van der Waals surface area contributed by atoms with E-state index in [2.05, 4.69) is 5.32 Å². The lowest BCUT2D eigenvalue weighted by atomic mass is 10.1. The Hall–Kier alpha value is -1.95. The van der Waals surface area contributed by atoms with Crippen LogP contribution in [0.4, 0.5) is 11.4 Å². The van der Waals surface area contributed by atoms with Crippen molar-refractivity contribution in [1.29, 1.82) is 0 Å². The highest BCUT2D eigenvalue weighted by molar-refractivity contribution is 5.93. The van der Waals surface area contributed by atoms with Gasteiger partial charge in [-0.3, -0.25) is 0 Å². The van der Waals surface area contributed by atoms with Gasteiger partial charge in [0.05, 0.1) is 36.8 Å². The van der Waals surface area contributed by atoms with E-state index in [0.29, 0.717) is 35.8 Å². The fourth-order valence-corrected chi connectivity index (χ4v) is 1.94. The Morgan fingerprint density at radius 2 is 2.30 bits per heavy atom. The van der Waals surface area contributed by atoms with Crippen LogP contribution in [0.15, 0.2) is 12.1 Å². The second-order valence-electron chi connectivity index (χ2n) is 4.52. The van der Waals surface area contributed by atoms with Gasteiger partial charge in [0.15, 0.2) is 0 Å². The molecule has 0 saturated carbocycles. The molecule has 1 aromatic rings. The molecule has 1 heterocycles. The van der Waals surface area contributed by atoms with Gasteiger partial charge in [0, 0.05) is 13.2 Å². The van der Waals surface area contributed by atoms with Crippen molar-refractivity contribution in [3.8, 4) is 5.75 Å². The molecule has 6 nitrogen and oxygen atoms in total. The predicted octanol–water partition coefficient (Wildman–Crippen LogP) is 1.65. The summed E-state index contributed by atoms with van der Waals surface area (Å²) >= 11 is 0. The molecular formula is C14H20N2O4. The number of benzene rings is 1. The summed E-state index contributed by atoms with van der Waals surface area (Å²) in [6.07, 6.45) is 1.23. The standard InChI is InChI=1S/C14H20N2O4/c1-3-19-14(17)9-6-11(13(15)12(7-9)18-2)16-8-10-4-5-20-10/h6-7,10,16H,3-5,8,15H2,1-2H3/t10-/m0/s1. The monoisotopic (exact) mass is 280 g/mol. The highest BCUT2D eigenvalue weighted by atomic mass is 16.5. The largest absolute Gasteiger partial charge is 0.494 e. The van der Waals surface area contributed by atoms with E-state index in [1.807, 2.05) is 0 Å². The number of nitrogens with one attached hydrogen (secondary N) is 1. The zero-order chi connectivity index (χ0) is 14.5. The fraction of sp³-hybridized carbons (Fsp3) is 0.500. The first kappa shape index (κ1) is 14.5. The number of nitrogens with two attached hydrogens (primary N) is 1. The van der Waals surface area contributed by atoms with Gasteiger partial charge in [-0.05, 0) is 25.5 Å². The minimum atomic E-state index is -0.395. The van der Waals surface area contributed by atoms with Gasteiger partial charge in [0.1, 0.15) is 5.75 Å². The van der Waals surface area contributed by atoms with E-state index >= 15 is 0 Å². The van der Waals surface area contributed by atoms with Gasteiger partial charge < -0.3 is 25.3 Å². The van der Waals surface area contributed by atoms with Crippen LogP contribution < -0.4 is 15.8 Å². The zero-order valence-electron chi connectivity index (χ0n) is 11.8. The molecule has 0 aromatic heterocycles. The lowest BCUT2D eigenvalue weighted by molar-refractivity contribution is -0.0410. The topological polar surface area (TPSA) is 82.8 Å². The number of ether oxygens (including phenoxy) is 3. The summed E-state index contributed by atoms with van der Waals surface area (Å²) in [5.74, 6) is 0.0568. The molecule has 1 fully saturated rings. The van der Waals surface area contributed by atoms with Crippen LogP contribution >= 0.6 is 0 Å². The average molecular weight is 280 g/mol. The van der Waals surface area contributed by atoms with Crippen LogP contribution in [0.25, 0.3) is 0 Å². The van der Waals surface area contributed by atoms with Gasteiger partial charge >= 0.3 is 5.97 Å². The molecule has 1 aliphatic heterocycles. The maximum absolute atomic E-state index is 11.8. The summed E-state index contributed by atoms with van der Waals surface area (Å²) in [4.78, 5) is 11.8. The van der Waals surface area contributed by atoms with Crippen molar-refractivity contribution in [2.45, 2.75) is 19.4 Å². The Bertz CT molecular complexity index is 486. The summed E-state index contributed by atoms with van der Waals surface area (Å²) in [6, 6.07) is 3.26. The molecule has 1 aromatic carbocycles. The number of nitrogen functional groups attached to an aromatic ring is 1. The lowest BCUT2D eigenvalue weighted by Gasteiger charge is -2.27. The van der Waals surface area contributed by atoms with E-state index < -0.39 is 5.97 Å². The molecule has 0 radical (unpaired) electrons. The summed E-state index contributed by atoms with van der Waals surface area (Å²) < 4.78 is 15.5. The second-order valence-corrected chi connectivity index (χ2v) is 4.52. The molecule has 3 N–H and O–H groups in total. The normalized spacial score (nSPS) is 17.2. The highest BCUT2D eigenvalue weighted by Crippen LogP contribution is 2.32. The molecule has 1 saturated heterocycles. The molecule has 0 aliphatic carbocycles. The number of rotatable bonds is 6. The zero-order valence-corrected chi connectivity index (χ0v) is 11.8. The van der Waals surface area contributed by atoms with Crippen molar-refractivity contribution in [1.82, 2.24) is 0 Å². The fourth-order valence-electron chi connectivity index (χ4n) is 1.94. The first-order valence-corrected chi connectivity index (χ1v) is 6.65. The van der Waals surface area contributed by atoms with Crippen LogP contribution in [0.1, 0.15) is 23.7 Å². The molecule has 0 amide bonds. The third kappa shape index (κ3) is 3.14. The summed E-state index contributed by atoms with van der Waals surface area (Å²) in [7, 11) is 1.51. The Morgan fingerprint density at radius 3 is 2.85 bits per heavy atom. The number of methoxy groups -OCH3 is 1. The second kappa shape index (κ2) is 6.47. The van der Waals surface area contributed by atoms with Crippen molar-refractivity contribution >= 4 is 17.3 Å². The number of esters is 1. The van der Waals surface area contributed by atoms with Crippen LogP contribution in [0.5, 0.6) is 5.75 Å². The molecular weight excluding hydrogens is 260 g/mol. The van der Waals surface area contributed by atoms with E-state index in [-0.39, 0.29) is 6.10 Å². The minimum absolute atomic E-state index is 0.201. The van der Waals surface area contributed by atoms with Crippen molar-refractivity contribution in [2.24, 2.45) is 0 Å². The minimum Gasteiger partial charge on any atom is -0.494 e. The number of anilines is 2. The van der Waals surface area contributed by atoms with Gasteiger partial charge in [-0.15, -0.1) is 0 Å². The number of carbonyl (C=O) groups excluding carboxylic acids is 1. The maximum Gasteiger partial charge on any atom is 0.338 e. The predicted molar refractivity (Wildman–Crippen MR) is 76.2 cm³/mol. The average Bonchev–Trinajstić information content (AvgIpc) is 2.39. The Morgan fingerprint density at radius 1 is 1.55 bits per heavy atom. The Labute approximate surface area is 118 Å². The van der Waals surface area contributed by atoms with Crippen molar-refractivity contribution in [2.75, 3.05) is 37.9 Å². The molecule has 0 spiro atoms. The molecule has 6 heteroatoms. The Balaban J connectivity index is 2.18. The SMILES string of the molecule is CCOC(=O)c1cc(NC[C@@H]2CCO2)c(N)c(OC)c1. The first-order chi connectivity index (χ1) is 9.65. The van der Waals surface area contributed by atoms with Gasteiger partial charge in [-0.2, -0.15) is 0 Å². The van der Waals surface area contributed by atoms with E-state index in [1.165, 1.54) is 7.11 Å². The summed E-state index contributed by atoms with van der Waals surface area (Å²) in [6.45, 7) is 3.54. The number of hydrogen-bond acceptors (Lipinski definition) is 6. The Kier molecular flexibility index (Phi) is 4.68. The van der Waals surface area contributed by atoms with Crippen LogP contribution in [0.3, 0.4) is 0 Å². The van der Waals surface area contributed by atoms with Crippen molar-refractivity contribution in [3.63, 3.8) is 0 Å². The summed E-state index contributed by atoms with van der Waals surface area (Å²) in [5.41, 5.74) is 7.54. The smallest absolute Gasteiger partial charge is 0.338 e. The van der Waals surface area contributed by atoms with Crippen LogP contribution in [0.2, 0.25) is 0 Å². The molecule has 1 aliphatic rings. The van der Waals surface area contributed by atoms with E-state index in [9.17, 15) is 4.79 Å². The third-order valence-electron chi connectivity index (χ3n) is 3.19. The van der Waals surface area contributed by atoms with Gasteiger partial charge in [-0.25, -0.2) is 4.79 Å². The van der Waals surface area contributed by atoms with Crippen LogP contribution in [-0.2, 0) is 9.47 Å². The third-order valence-corrected chi connectivity index (χ3v) is 3.19. The molecule has 110 valence electrons. The molecule has 0 bridgehead atoms. The van der Waals surface area contributed by atoms with E-state index in [0.717, 1.165) is 13.0 Å². The number of carbonyl (C=O) groups is 1. The van der Waals surface area contributed by atoms with Gasteiger partial charge in [0.2, 0.25) is 0 Å². The van der Waals surface area contributed by atoms with Gasteiger partial charge in [-0.1, -0.05) is 0 Å². The van der Waals surface area contributed by atoms with Crippen molar-refractivity contribution in [3.05, 3.63) is 17.7 Å². The van der Waals surface area contributed by atoms with Gasteiger partial charge in [0.25, 0.3) is 0 Å². The van der Waals surface area contributed by atoms with Crippen LogP contribution in [0, 0.1) is 0 Å². The highest BCUT2D eigenvalue weighted by Gasteiger charge is 2.19. The van der Waals surface area contributed by atoms with E-state index in [1.54, 1.807) is 19.1 Å². The molecule has 2 rings (SSSR count). The van der Waals surface area contributed by atoms with Crippen LogP contribution in [-0.4, -0.2) is 38.9 Å². The molecule has 0 unspecified atom stereocenters. The van der Waals surface area contributed by atoms with E-state index in [4.69, 9.17) is 19.9 Å². The molecule has 20 heavy (non-hydrogen) atoms. The first-order valence-electron chi connectivity index (χ1n) is 6.65.